The van der Waals surface area contributed by atoms with E-state index in [1.807, 2.05) is 0 Å². The molecule has 12 rings (SSSR count). The largest absolute Gasteiger partial charge is 0.456 e. The molecule has 0 saturated heterocycles. The van der Waals surface area contributed by atoms with Gasteiger partial charge in [0.2, 0.25) is 0 Å². The molecule has 64 heavy (non-hydrogen) atoms. The fourth-order valence-corrected chi connectivity index (χ4v) is 9.11. The highest BCUT2D eigenvalue weighted by atomic mass is 16.3. The number of hydrogen-bond donors (Lipinski definition) is 0. The van der Waals surface area contributed by atoms with Crippen LogP contribution in [-0.2, 0) is 6.42 Å². The second kappa shape index (κ2) is 17.0. The van der Waals surface area contributed by atoms with Crippen LogP contribution in [0.5, 0.6) is 0 Å². The van der Waals surface area contributed by atoms with Crippen LogP contribution in [0.25, 0.3) is 66.6 Å². The monoisotopic (exact) mass is 888 g/mol. The van der Waals surface area contributed by atoms with Gasteiger partial charge in [0.05, 0.1) is 11.2 Å². The van der Waals surface area contributed by atoms with Crippen molar-refractivity contribution in [3.63, 3.8) is 0 Å². The Morgan fingerprint density at radius 3 is 1.97 bits per heavy atom. The Labute approximate surface area is 442 Å². The zero-order chi connectivity index (χ0) is 82.1. The Morgan fingerprint density at radius 2 is 1.22 bits per heavy atom. The molecule has 5 aliphatic rings. The number of furan rings is 1. The van der Waals surface area contributed by atoms with E-state index >= 15 is 0 Å². The van der Waals surface area contributed by atoms with Crippen LogP contribution in [0.3, 0.4) is 0 Å². The Bertz CT molecular complexity index is 5040. The van der Waals surface area contributed by atoms with Gasteiger partial charge in [-0.1, -0.05) is 149 Å². The van der Waals surface area contributed by atoms with Crippen molar-refractivity contribution in [3.8, 4) is 44.6 Å². The van der Waals surface area contributed by atoms with Gasteiger partial charge in [0.15, 0.2) is 0 Å². The minimum Gasteiger partial charge on any atom is -0.456 e. The van der Waals surface area contributed by atoms with Crippen molar-refractivity contribution in [2.75, 3.05) is 0 Å². The minimum absolute atomic E-state index is 0.0817. The lowest BCUT2D eigenvalue weighted by atomic mass is 9.69. The lowest BCUT2D eigenvalue weighted by Crippen LogP contribution is -2.18. The lowest BCUT2D eigenvalue weighted by molar-refractivity contribution is 0.408. The molecule has 0 N–H and O–H groups in total. The van der Waals surface area contributed by atoms with E-state index in [-0.39, 0.29) is 22.3 Å². The molecular weight excluding hydrogens is 779 g/mol. The van der Waals surface area contributed by atoms with Crippen LogP contribution in [0.15, 0.2) is 83.2 Å². The van der Waals surface area contributed by atoms with E-state index in [4.69, 9.17) is 20.9 Å². The summed E-state index contributed by atoms with van der Waals surface area (Å²) in [7, 11) is 0. The number of fused-ring (bicyclic) bond motifs is 6. The summed E-state index contributed by atoms with van der Waals surface area (Å²) in [6, 6.07) is 6.12. The van der Waals surface area contributed by atoms with Crippen LogP contribution in [-0.4, -0.2) is 15.4 Å². The van der Waals surface area contributed by atoms with E-state index in [0.717, 1.165) is 12.1 Å². The number of aryl methyl sites for hydroxylation is 1. The number of nitrogens with zero attached hydrogens (tertiary/aromatic N) is 3. The number of hydrogen-bond acceptors (Lipinski definition) is 4. The molecule has 4 fully saturated rings. The normalized spacial score (nSPS) is 54.3. The molecule has 0 amide bonds. The van der Waals surface area contributed by atoms with Crippen molar-refractivity contribution in [3.05, 3.63) is 123 Å². The molecule has 7 aromatic rings. The summed E-state index contributed by atoms with van der Waals surface area (Å²) in [6.07, 6.45) is -86.0. The first-order valence-corrected chi connectivity index (χ1v) is 20.3. The maximum Gasteiger partial charge on any atom is 0.139 e. The Balaban J connectivity index is 1.49. The maximum atomic E-state index is 11.2. The van der Waals surface area contributed by atoms with E-state index < -0.39 is 260 Å². The SMILES string of the molecule is [2H]c1c([2H])c([2H])c(-c2c(-c3c(C)c(C)cc4c3Cc3ccccc3-4)c(C3([2H])C([2H])C([2H])([2H])C([2H])([2H])C([2H])([2H])C3([2H])[2H])c(C3([2H])C([2H])C([2H])([2H])C([2H])([2H])C([2H])([2H])C3([2H])[2H])c3oc4ccccc4c23)c(-c2nnnc(C3([2H])C([2H])C([2H])([2H])C([2H])([2H])C([2H])([2H])C3([2H])[2H])c2C2([2H])C([2H])C([2H])([2H])C([2H])([2H])C([2H])([2H])C2([2H])[2H])c1[2H]. The summed E-state index contributed by atoms with van der Waals surface area (Å²) < 4.78 is 429. The molecule has 4 saturated carbocycles. The Kier molecular flexibility index (Phi) is 4.05. The van der Waals surface area contributed by atoms with Gasteiger partial charge >= 0.3 is 0 Å². The van der Waals surface area contributed by atoms with Crippen LogP contribution in [0.2, 0.25) is 0 Å². The summed E-state index contributed by atoms with van der Waals surface area (Å²) in [4.78, 5) is 0. The van der Waals surface area contributed by atoms with Crippen LogP contribution >= 0.6 is 0 Å². The van der Waals surface area contributed by atoms with Crippen molar-refractivity contribution in [1.82, 2.24) is 15.4 Å². The van der Waals surface area contributed by atoms with E-state index in [9.17, 15) is 43.9 Å². The highest BCUT2D eigenvalue weighted by Crippen LogP contribution is 2.58. The number of benzene rings is 5. The highest BCUT2D eigenvalue weighted by molar-refractivity contribution is 6.19. The predicted molar refractivity (Wildman–Crippen MR) is 264 cm³/mol. The zero-order valence-corrected chi connectivity index (χ0v) is 34.0. The van der Waals surface area contributed by atoms with E-state index in [1.165, 1.54) is 26.0 Å². The molecular formula is C60H65N3O. The quantitative estimate of drug-likeness (QED) is 0.160. The van der Waals surface area contributed by atoms with Crippen molar-refractivity contribution in [2.45, 2.75) is 171 Å². The first-order valence-electron chi connectivity index (χ1n) is 42.6. The second-order valence-corrected chi connectivity index (χ2v) is 15.3. The standard InChI is InChI=1S/C60H65N3O/c1-37-35-48-44-30-16-15-29-43(44)36-49(48)51(38(37)2)57-52(39-21-7-3-8-22-39)53(40-23-9-4-10-24-40)60-56(47-33-19-20-34-50(47)64-60)55(57)45-31-17-18-32-46(45)59-54(41-25-11-5-12-26-41)58(61-63-62-59)42-27-13-6-14-28-42/h15-20,29-35,39-42H,3-14,21-28,36H2,1-2H3/i3D2,4D2,5D2,6D2,7D2,8D2,9D2,10D2,11D2,12D2,13D2,14D2,17D,18D,21D,22D2,23D,24D2,25D,26D2,27D,28D2,31D,32D,39D,40D,41D,42D. The summed E-state index contributed by atoms with van der Waals surface area (Å²) in [5.74, 6) is -18.3. The van der Waals surface area contributed by atoms with Gasteiger partial charge in [-0.05, 0) is 156 Å². The van der Waals surface area contributed by atoms with Crippen LogP contribution < -0.4 is 0 Å². The Hall–Kier alpha value is -5.09. The molecule has 0 bridgehead atoms. The lowest BCUT2D eigenvalue weighted by Gasteiger charge is -2.34. The second-order valence-electron chi connectivity index (χ2n) is 15.3. The topological polar surface area (TPSA) is 51.8 Å². The van der Waals surface area contributed by atoms with E-state index in [2.05, 4.69) is 15.4 Å². The summed E-state index contributed by atoms with van der Waals surface area (Å²) >= 11 is 0. The van der Waals surface area contributed by atoms with Crippen molar-refractivity contribution < 1.29 is 64.7 Å². The molecule has 0 radical (unpaired) electrons. The van der Waals surface area contributed by atoms with Gasteiger partial charge in [0.25, 0.3) is 0 Å². The molecule has 2 aromatic heterocycles. The molecule has 0 spiro atoms. The smallest absolute Gasteiger partial charge is 0.139 e. The molecule has 326 valence electrons. The molecule has 0 aliphatic heterocycles. The highest BCUT2D eigenvalue weighted by Gasteiger charge is 2.38. The number of aromatic nitrogens is 3. The molecule has 8 atom stereocenters. The summed E-state index contributed by atoms with van der Waals surface area (Å²) in [6.45, 7) is 2.69. The molecule has 5 aromatic carbocycles. The van der Waals surface area contributed by atoms with Crippen molar-refractivity contribution in [2.24, 2.45) is 0 Å². The third kappa shape index (κ3) is 6.79. The fraction of sp³-hybridized carbons (Fsp3) is 0.450. The average Bonchev–Trinajstić information content (AvgIpc) is 0.927. The summed E-state index contributed by atoms with van der Waals surface area (Å²) in [5, 5.41) is 9.83. The molecule has 8 unspecified atom stereocenters. The Morgan fingerprint density at radius 1 is 0.594 bits per heavy atom. The first-order chi connectivity index (χ1) is 48.5. The maximum absolute atomic E-state index is 11.2. The average molecular weight is 888 g/mol. The fourth-order valence-electron chi connectivity index (χ4n) is 9.11. The van der Waals surface area contributed by atoms with Gasteiger partial charge < -0.3 is 4.42 Å². The third-order valence-electron chi connectivity index (χ3n) is 11.9. The van der Waals surface area contributed by atoms with Crippen LogP contribution in [0.1, 0.15) is 256 Å². The summed E-state index contributed by atoms with van der Waals surface area (Å²) in [5.41, 5.74) is -17.0. The third-order valence-corrected chi connectivity index (χ3v) is 11.9. The molecule has 5 aliphatic carbocycles. The van der Waals surface area contributed by atoms with Gasteiger partial charge in [0, 0.05) is 93.8 Å². The zero-order valence-electron chi connectivity index (χ0n) is 78.0. The molecule has 4 nitrogen and oxygen atoms in total. The number of rotatable bonds is 7. The van der Waals surface area contributed by atoms with Crippen LogP contribution in [0, 0.1) is 13.8 Å². The van der Waals surface area contributed by atoms with Gasteiger partial charge in [-0.15, -0.1) is 10.2 Å². The van der Waals surface area contributed by atoms with Crippen molar-refractivity contribution in [1.29, 1.82) is 0 Å². The van der Waals surface area contributed by atoms with E-state index in [1.54, 1.807) is 30.3 Å². The number of para-hydroxylation sites is 1. The van der Waals surface area contributed by atoms with Gasteiger partial charge in [-0.25, -0.2) is 0 Å². The van der Waals surface area contributed by atoms with Crippen LogP contribution in [0.4, 0.5) is 0 Å². The van der Waals surface area contributed by atoms with Gasteiger partial charge in [-0.3, -0.25) is 0 Å². The molecule has 2 heterocycles. The van der Waals surface area contributed by atoms with Gasteiger partial charge in [-0.2, -0.15) is 0 Å². The minimum atomic E-state index is -4.73. The predicted octanol–water partition coefficient (Wildman–Crippen LogP) is 17.2. The first kappa shape index (κ1) is 15.2. The van der Waals surface area contributed by atoms with Gasteiger partial charge in [0.1, 0.15) is 16.9 Å². The van der Waals surface area contributed by atoms with Crippen molar-refractivity contribution >= 4 is 21.9 Å². The molecule has 4 heteroatoms. The van der Waals surface area contributed by atoms with E-state index in [0.29, 0.717) is 11.1 Å².